The molecule has 0 unspecified atom stereocenters. The van der Waals surface area contributed by atoms with Gasteiger partial charge in [-0.3, -0.25) is 0 Å². The van der Waals surface area contributed by atoms with Gasteiger partial charge in [0.1, 0.15) is 0 Å². The first-order valence-corrected chi connectivity index (χ1v) is 15.0. The molecule has 0 aromatic heterocycles. The van der Waals surface area contributed by atoms with Crippen molar-refractivity contribution < 1.29 is 21.7 Å². The first kappa shape index (κ1) is 32.2. The molecule has 8 rings (SSSR count). The Hall–Kier alpha value is -4.23. The Morgan fingerprint density at radius 3 is 1.27 bits per heavy atom. The summed E-state index contributed by atoms with van der Waals surface area (Å²) < 4.78 is 0. The van der Waals surface area contributed by atoms with E-state index in [0.717, 1.165) is 12.8 Å². The van der Waals surface area contributed by atoms with Crippen LogP contribution in [0.15, 0.2) is 133 Å². The average molecular weight is 615 g/mol. The van der Waals surface area contributed by atoms with Gasteiger partial charge in [-0.05, 0) is 34.4 Å². The van der Waals surface area contributed by atoms with E-state index in [0.29, 0.717) is 0 Å². The van der Waals surface area contributed by atoms with E-state index in [1.807, 2.05) is 0 Å². The van der Waals surface area contributed by atoms with E-state index in [2.05, 4.69) is 147 Å². The summed E-state index contributed by atoms with van der Waals surface area (Å²) in [6, 6.07) is 49.4. The summed E-state index contributed by atoms with van der Waals surface area (Å²) in [5.41, 5.74) is 11.0. The minimum absolute atomic E-state index is 0. The molecule has 0 fully saturated rings. The zero-order valence-corrected chi connectivity index (χ0v) is 28.2. The van der Waals surface area contributed by atoms with Crippen LogP contribution in [0.25, 0.3) is 65.3 Å². The summed E-state index contributed by atoms with van der Waals surface area (Å²) in [6.45, 7) is 4.54. The third-order valence-corrected chi connectivity index (χ3v) is 9.18. The number of rotatable bonds is 5. The van der Waals surface area contributed by atoms with Crippen molar-refractivity contribution in [2.24, 2.45) is 0 Å². The smallest absolute Gasteiger partial charge is 0.358 e. The predicted molar refractivity (Wildman–Crippen MR) is 195 cm³/mol. The molecule has 0 heterocycles. The fourth-order valence-corrected chi connectivity index (χ4v) is 7.36. The minimum Gasteiger partial charge on any atom is -0.358 e. The number of hydrogen-bond acceptors (Lipinski definition) is 0. The van der Waals surface area contributed by atoms with Gasteiger partial charge in [-0.2, -0.15) is 0 Å². The fraction of sp³-hybridized carbons (Fsp3) is 0.0909. The van der Waals surface area contributed by atoms with E-state index in [4.69, 9.17) is 0 Å². The third-order valence-electron chi connectivity index (χ3n) is 9.18. The van der Waals surface area contributed by atoms with Crippen molar-refractivity contribution in [3.63, 3.8) is 0 Å². The van der Waals surface area contributed by atoms with Gasteiger partial charge in [-0.1, -0.05) is 133 Å². The van der Waals surface area contributed by atoms with E-state index in [9.17, 15) is 0 Å². The molecule has 0 aliphatic heterocycles. The van der Waals surface area contributed by atoms with Crippen LogP contribution in [0.1, 0.15) is 22.3 Å². The Morgan fingerprint density at radius 2 is 0.822 bits per heavy atom. The van der Waals surface area contributed by atoms with E-state index in [-0.39, 0.29) is 36.6 Å². The molecule has 218 valence electrons. The van der Waals surface area contributed by atoms with Gasteiger partial charge in [0.15, 0.2) is 0 Å². The Morgan fingerprint density at radius 1 is 0.444 bits per heavy atom. The molecule has 45 heavy (non-hydrogen) atoms. The molecule has 0 amide bonds. The van der Waals surface area contributed by atoms with Crippen molar-refractivity contribution in [1.82, 2.24) is 0 Å². The second-order valence-electron chi connectivity index (χ2n) is 11.7. The van der Waals surface area contributed by atoms with Crippen molar-refractivity contribution in [2.45, 2.75) is 26.7 Å². The maximum atomic E-state index is 2.37. The Balaban J connectivity index is 0.00000133. The summed E-state index contributed by atoms with van der Waals surface area (Å²) in [4.78, 5) is 0. The van der Waals surface area contributed by atoms with Gasteiger partial charge in [0, 0.05) is 0 Å². The molecule has 0 radical (unpaired) electrons. The molecule has 0 saturated carbocycles. The molecular weight excluding hydrogens is 576 g/mol. The second-order valence-corrected chi connectivity index (χ2v) is 11.7. The van der Waals surface area contributed by atoms with Gasteiger partial charge in [0.2, 0.25) is 0 Å². The molecule has 0 aliphatic carbocycles. The molecule has 0 aliphatic rings. The number of fused-ring (bicyclic) bond motifs is 4. The van der Waals surface area contributed by atoms with Crippen LogP contribution in [0.5, 0.6) is 0 Å². The van der Waals surface area contributed by atoms with Crippen LogP contribution in [0.4, 0.5) is 0 Å². The molecule has 0 spiro atoms. The summed E-state index contributed by atoms with van der Waals surface area (Å²) in [5.74, 6) is 0. The van der Waals surface area contributed by atoms with Crippen molar-refractivity contribution in [3.05, 3.63) is 171 Å². The zero-order chi connectivity index (χ0) is 28.2. The Kier molecular flexibility index (Phi) is 9.31. The van der Waals surface area contributed by atoms with Gasteiger partial charge in [-0.15, -0.1) is 80.2 Å². The number of aryl methyl sites for hydroxylation is 4. The summed E-state index contributed by atoms with van der Waals surface area (Å²) >= 11 is 0. The van der Waals surface area contributed by atoms with Crippen LogP contribution < -0.4 is 0 Å². The predicted octanol–water partition coefficient (Wildman–Crippen LogP) is 12.4. The topological polar surface area (TPSA) is 0 Å². The SMILES string of the molecule is Cc1[cH-]c2cccc(CCc3cccc4[cH-]c(C)c(-c5cccc6ccccc56)c34)c2c1-c1cccc2ccccc12.[CH3-].[CH3-].[Ti+4]. The Labute approximate surface area is 283 Å². The first-order valence-electron chi connectivity index (χ1n) is 15.0. The maximum Gasteiger partial charge on any atom is 4.00 e. The van der Waals surface area contributed by atoms with Gasteiger partial charge in [-0.25, -0.2) is 0 Å². The normalized spacial score (nSPS) is 11.0. The van der Waals surface area contributed by atoms with E-state index >= 15 is 0 Å². The molecule has 0 N–H and O–H groups in total. The quantitative estimate of drug-likeness (QED) is 0.134. The van der Waals surface area contributed by atoms with Gasteiger partial charge >= 0.3 is 21.7 Å². The summed E-state index contributed by atoms with van der Waals surface area (Å²) in [7, 11) is 0. The summed E-state index contributed by atoms with van der Waals surface area (Å²) in [5, 5.41) is 10.7. The standard InChI is InChI=1S/C42H32.2CH3.Ti/c1-27-25-33-17-7-15-31(41(33)39(27)37-21-9-13-29-11-3-5-19-35(29)37)23-24-32-16-8-18-34-26-28(2)40(42(32)34)38-22-10-14-30-12-4-6-20-36(30)38;;;/h3-22,25-26H,23-24H2,1-2H3;2*1H3;/q-2;2*-1;+4. The molecule has 0 bridgehead atoms. The van der Waals surface area contributed by atoms with Crippen LogP contribution in [-0.4, -0.2) is 0 Å². The molecule has 0 nitrogen and oxygen atoms in total. The van der Waals surface area contributed by atoms with Crippen molar-refractivity contribution in [2.75, 3.05) is 0 Å². The van der Waals surface area contributed by atoms with Crippen LogP contribution in [0.3, 0.4) is 0 Å². The van der Waals surface area contributed by atoms with Crippen molar-refractivity contribution in [1.29, 1.82) is 0 Å². The average Bonchev–Trinajstić information content (AvgIpc) is 3.55. The molecule has 1 heteroatoms. The first-order chi connectivity index (χ1) is 20.7. The minimum atomic E-state index is 0. The van der Waals surface area contributed by atoms with Crippen LogP contribution in [0, 0.1) is 28.7 Å². The van der Waals surface area contributed by atoms with E-state index in [1.54, 1.807) is 0 Å². The largest absolute Gasteiger partial charge is 4.00 e. The zero-order valence-electron chi connectivity index (χ0n) is 26.6. The van der Waals surface area contributed by atoms with Crippen LogP contribution in [-0.2, 0) is 34.6 Å². The number of benzene rings is 6. The van der Waals surface area contributed by atoms with Gasteiger partial charge in [0.25, 0.3) is 0 Å². The monoisotopic (exact) mass is 614 g/mol. The van der Waals surface area contributed by atoms with Crippen LogP contribution in [0.2, 0.25) is 0 Å². The van der Waals surface area contributed by atoms with E-state index < -0.39 is 0 Å². The van der Waals surface area contributed by atoms with Crippen LogP contribution >= 0.6 is 0 Å². The van der Waals surface area contributed by atoms with Crippen molar-refractivity contribution in [3.8, 4) is 22.3 Å². The fourth-order valence-electron chi connectivity index (χ4n) is 7.36. The van der Waals surface area contributed by atoms with Gasteiger partial charge < -0.3 is 14.9 Å². The summed E-state index contributed by atoms with van der Waals surface area (Å²) in [6.07, 6.45) is 1.99. The van der Waals surface area contributed by atoms with E-state index in [1.165, 1.54) is 87.6 Å². The van der Waals surface area contributed by atoms with Crippen molar-refractivity contribution >= 4 is 43.1 Å². The third kappa shape index (κ3) is 5.37. The molecule has 8 aromatic carbocycles. The molecule has 8 aromatic rings. The second kappa shape index (κ2) is 13.0. The molecule has 0 saturated heterocycles. The molecule has 0 atom stereocenters. The molecular formula is C44H38Ti. The Bertz CT molecular complexity index is 2100. The maximum absolute atomic E-state index is 2.37. The number of hydrogen-bond donors (Lipinski definition) is 0. The van der Waals surface area contributed by atoms with Gasteiger partial charge in [0.05, 0.1) is 0 Å².